The lowest BCUT2D eigenvalue weighted by atomic mass is 9.96. The Morgan fingerprint density at radius 2 is 1.68 bits per heavy atom. The third-order valence-electron chi connectivity index (χ3n) is 4.93. The number of primary amides is 1. The molecule has 2 N–H and O–H groups in total. The molecular formula is C17H26N6O2. The summed E-state index contributed by atoms with van der Waals surface area (Å²) in [4.78, 5) is 38.7. The van der Waals surface area contributed by atoms with Crippen molar-refractivity contribution in [3.05, 3.63) is 17.5 Å². The maximum atomic E-state index is 12.8. The fraction of sp³-hybridized carbons (Fsp3) is 0.647. The Balaban J connectivity index is 1.58. The van der Waals surface area contributed by atoms with Crippen molar-refractivity contribution in [2.75, 3.05) is 44.2 Å². The number of hydrogen-bond acceptors (Lipinski definition) is 5. The van der Waals surface area contributed by atoms with Gasteiger partial charge in [0.15, 0.2) is 0 Å². The van der Waals surface area contributed by atoms with E-state index in [-0.39, 0.29) is 11.8 Å². The van der Waals surface area contributed by atoms with Crippen LogP contribution in [-0.4, -0.2) is 71.0 Å². The van der Waals surface area contributed by atoms with Crippen LogP contribution in [0, 0.1) is 19.8 Å². The smallest absolute Gasteiger partial charge is 0.314 e. The number of anilines is 1. The van der Waals surface area contributed by atoms with Gasteiger partial charge in [-0.05, 0) is 32.8 Å². The van der Waals surface area contributed by atoms with Gasteiger partial charge in [-0.25, -0.2) is 14.8 Å². The summed E-state index contributed by atoms with van der Waals surface area (Å²) in [5, 5.41) is 0. The first kappa shape index (κ1) is 17.4. The van der Waals surface area contributed by atoms with Crippen LogP contribution in [0.3, 0.4) is 0 Å². The minimum Gasteiger partial charge on any atom is -0.351 e. The highest BCUT2D eigenvalue weighted by atomic mass is 16.2. The van der Waals surface area contributed by atoms with Gasteiger partial charge in [0.1, 0.15) is 0 Å². The lowest BCUT2D eigenvalue weighted by Gasteiger charge is -2.38. The zero-order chi connectivity index (χ0) is 18.0. The van der Waals surface area contributed by atoms with Gasteiger partial charge < -0.3 is 20.4 Å². The number of piperidine rings is 1. The van der Waals surface area contributed by atoms with Gasteiger partial charge in [-0.15, -0.1) is 0 Å². The fourth-order valence-electron chi connectivity index (χ4n) is 3.61. The SMILES string of the molecule is Cc1cc(C)nc(N2CCN(C(=O)[C@@H]3CCCN(C(N)=O)C3)CC2)n1. The Hall–Kier alpha value is -2.38. The predicted octanol–water partition coefficient (Wildman–Crippen LogP) is 0.533. The molecule has 0 bridgehead atoms. The molecule has 0 unspecified atom stereocenters. The molecule has 2 saturated heterocycles. The Morgan fingerprint density at radius 1 is 1.04 bits per heavy atom. The summed E-state index contributed by atoms with van der Waals surface area (Å²) >= 11 is 0. The van der Waals surface area contributed by atoms with Gasteiger partial charge in [-0.1, -0.05) is 0 Å². The fourth-order valence-corrected chi connectivity index (χ4v) is 3.61. The second-order valence-electron chi connectivity index (χ2n) is 6.89. The molecular weight excluding hydrogens is 320 g/mol. The van der Waals surface area contributed by atoms with Crippen molar-refractivity contribution in [3.8, 4) is 0 Å². The number of carbonyl (C=O) groups excluding carboxylic acids is 2. The highest BCUT2D eigenvalue weighted by molar-refractivity contribution is 5.81. The Labute approximate surface area is 148 Å². The normalized spacial score (nSPS) is 21.4. The van der Waals surface area contributed by atoms with Gasteiger partial charge in [0.25, 0.3) is 0 Å². The zero-order valence-electron chi connectivity index (χ0n) is 14.9. The molecule has 3 rings (SSSR count). The molecule has 8 heteroatoms. The van der Waals surface area contributed by atoms with Crippen LogP contribution >= 0.6 is 0 Å². The van der Waals surface area contributed by atoms with E-state index in [1.807, 2.05) is 24.8 Å². The van der Waals surface area contributed by atoms with Crippen LogP contribution in [0.15, 0.2) is 6.07 Å². The van der Waals surface area contributed by atoms with Gasteiger partial charge in [0.05, 0.1) is 5.92 Å². The van der Waals surface area contributed by atoms with Crippen LogP contribution in [0.4, 0.5) is 10.7 Å². The highest BCUT2D eigenvalue weighted by Gasteiger charge is 2.32. The minimum absolute atomic E-state index is 0.131. The number of rotatable bonds is 2. The number of aryl methyl sites for hydroxylation is 2. The van der Waals surface area contributed by atoms with Crippen molar-refractivity contribution in [2.24, 2.45) is 11.7 Å². The van der Waals surface area contributed by atoms with Gasteiger partial charge in [-0.3, -0.25) is 4.79 Å². The first-order valence-electron chi connectivity index (χ1n) is 8.84. The number of nitrogens with zero attached hydrogens (tertiary/aromatic N) is 5. The number of aromatic nitrogens is 2. The summed E-state index contributed by atoms with van der Waals surface area (Å²) in [5.41, 5.74) is 7.26. The third-order valence-corrected chi connectivity index (χ3v) is 4.93. The molecule has 1 aromatic heterocycles. The molecule has 0 aliphatic carbocycles. The van der Waals surface area contributed by atoms with Crippen molar-refractivity contribution in [1.82, 2.24) is 19.8 Å². The third kappa shape index (κ3) is 4.00. The van der Waals surface area contributed by atoms with Crippen LogP contribution in [0.25, 0.3) is 0 Å². The van der Waals surface area contributed by atoms with E-state index in [9.17, 15) is 9.59 Å². The average molecular weight is 346 g/mol. The van der Waals surface area contributed by atoms with Crippen LogP contribution in [0.1, 0.15) is 24.2 Å². The van der Waals surface area contributed by atoms with Crippen molar-refractivity contribution >= 4 is 17.9 Å². The highest BCUT2D eigenvalue weighted by Crippen LogP contribution is 2.20. The number of carbonyl (C=O) groups is 2. The second-order valence-corrected chi connectivity index (χ2v) is 6.89. The number of piperazine rings is 1. The van der Waals surface area contributed by atoms with E-state index < -0.39 is 6.03 Å². The molecule has 8 nitrogen and oxygen atoms in total. The summed E-state index contributed by atoms with van der Waals surface area (Å²) < 4.78 is 0. The van der Waals surface area contributed by atoms with E-state index >= 15 is 0 Å². The van der Waals surface area contributed by atoms with Crippen LogP contribution in [0.5, 0.6) is 0 Å². The predicted molar refractivity (Wildman–Crippen MR) is 94.2 cm³/mol. The topological polar surface area (TPSA) is 95.7 Å². The average Bonchev–Trinajstić information content (AvgIpc) is 2.60. The minimum atomic E-state index is -0.436. The summed E-state index contributed by atoms with van der Waals surface area (Å²) in [5.74, 6) is 0.736. The molecule has 0 spiro atoms. The lowest BCUT2D eigenvalue weighted by molar-refractivity contribution is -0.137. The molecule has 0 radical (unpaired) electrons. The van der Waals surface area contributed by atoms with Crippen LogP contribution < -0.4 is 10.6 Å². The van der Waals surface area contributed by atoms with Crippen molar-refractivity contribution in [2.45, 2.75) is 26.7 Å². The number of urea groups is 1. The van der Waals surface area contributed by atoms with Crippen molar-refractivity contribution < 1.29 is 9.59 Å². The van der Waals surface area contributed by atoms with Gasteiger partial charge in [0, 0.05) is 50.7 Å². The Morgan fingerprint density at radius 3 is 2.28 bits per heavy atom. The summed E-state index contributed by atoms with van der Waals surface area (Å²) in [6.07, 6.45) is 1.65. The number of nitrogens with two attached hydrogens (primary N) is 1. The quantitative estimate of drug-likeness (QED) is 0.843. The molecule has 2 aliphatic heterocycles. The van der Waals surface area contributed by atoms with Crippen LogP contribution in [-0.2, 0) is 4.79 Å². The van der Waals surface area contributed by atoms with Crippen molar-refractivity contribution in [3.63, 3.8) is 0 Å². The van der Waals surface area contributed by atoms with E-state index in [2.05, 4.69) is 14.9 Å². The van der Waals surface area contributed by atoms with Crippen molar-refractivity contribution in [1.29, 1.82) is 0 Å². The largest absolute Gasteiger partial charge is 0.351 e. The zero-order valence-corrected chi connectivity index (χ0v) is 14.9. The van der Waals surface area contributed by atoms with E-state index in [1.54, 1.807) is 4.90 Å². The van der Waals surface area contributed by atoms with E-state index in [1.165, 1.54) is 0 Å². The molecule has 3 heterocycles. The maximum absolute atomic E-state index is 12.8. The number of hydrogen-bond donors (Lipinski definition) is 1. The van der Waals surface area contributed by atoms with Gasteiger partial charge in [-0.2, -0.15) is 0 Å². The number of amides is 3. The molecule has 2 aliphatic rings. The Kier molecular flexibility index (Phi) is 5.06. The molecule has 0 aromatic carbocycles. The van der Waals surface area contributed by atoms with E-state index in [0.29, 0.717) is 26.2 Å². The summed E-state index contributed by atoms with van der Waals surface area (Å²) in [7, 11) is 0. The molecule has 3 amide bonds. The molecule has 0 saturated carbocycles. The first-order chi connectivity index (χ1) is 11.9. The lowest BCUT2D eigenvalue weighted by Crippen LogP contribution is -2.53. The molecule has 1 atom stereocenters. The maximum Gasteiger partial charge on any atom is 0.314 e. The van der Waals surface area contributed by atoms with Gasteiger partial charge in [0.2, 0.25) is 11.9 Å². The second kappa shape index (κ2) is 7.25. The van der Waals surface area contributed by atoms with Crippen LogP contribution in [0.2, 0.25) is 0 Å². The summed E-state index contributed by atoms with van der Waals surface area (Å²) in [6.45, 7) is 7.77. The van der Waals surface area contributed by atoms with E-state index in [0.717, 1.165) is 43.3 Å². The monoisotopic (exact) mass is 346 g/mol. The van der Waals surface area contributed by atoms with Gasteiger partial charge >= 0.3 is 6.03 Å². The standard InChI is InChI=1S/C17H26N6O2/c1-12-10-13(2)20-17(19-12)22-8-6-21(7-9-22)15(24)14-4-3-5-23(11-14)16(18)25/h10,14H,3-9,11H2,1-2H3,(H2,18,25)/t14-/m1/s1. The first-order valence-corrected chi connectivity index (χ1v) is 8.84. The Bertz CT molecular complexity index is 636. The molecule has 25 heavy (non-hydrogen) atoms. The van der Waals surface area contributed by atoms with E-state index in [4.69, 9.17) is 5.73 Å². The molecule has 2 fully saturated rings. The molecule has 1 aromatic rings. The summed E-state index contributed by atoms with van der Waals surface area (Å²) in [6, 6.07) is 1.52. The molecule has 136 valence electrons. The number of likely N-dealkylation sites (tertiary alicyclic amines) is 1.